The number of rotatable bonds is 6. The van der Waals surface area contributed by atoms with Gasteiger partial charge in [0.25, 0.3) is 5.91 Å². The molecule has 1 unspecified atom stereocenters. The van der Waals surface area contributed by atoms with Crippen LogP contribution in [0.5, 0.6) is 0 Å². The van der Waals surface area contributed by atoms with Crippen LogP contribution >= 0.6 is 0 Å². The molecule has 0 saturated carbocycles. The van der Waals surface area contributed by atoms with Crippen molar-refractivity contribution in [2.45, 2.75) is 65.1 Å². The number of carbonyl (C=O) groups excluding carboxylic acids is 2. The highest BCUT2D eigenvalue weighted by atomic mass is 32.2. The minimum atomic E-state index is -3.52. The highest BCUT2D eigenvalue weighted by Gasteiger charge is 2.33. The second-order valence-corrected chi connectivity index (χ2v) is 13.0. The third kappa shape index (κ3) is 5.08. The number of amides is 2. The molecule has 1 saturated heterocycles. The Balaban J connectivity index is 1.49. The fourth-order valence-corrected chi connectivity index (χ4v) is 7.22. The lowest BCUT2D eigenvalue weighted by Crippen LogP contribution is -2.46. The zero-order valence-electron chi connectivity index (χ0n) is 22.5. The lowest BCUT2D eigenvalue weighted by atomic mass is 9.95. The van der Waals surface area contributed by atoms with Crippen LogP contribution in [0.1, 0.15) is 61.6 Å². The number of likely N-dealkylation sites (tertiary alicyclic amines) is 1. The van der Waals surface area contributed by atoms with Gasteiger partial charge < -0.3 is 15.0 Å². The average molecular weight is 543 g/mol. The summed E-state index contributed by atoms with van der Waals surface area (Å²) in [6, 6.07) is 5.67. The molecule has 2 aromatic rings. The van der Waals surface area contributed by atoms with Crippen LogP contribution in [0.3, 0.4) is 0 Å². The molecule has 206 valence electrons. The van der Waals surface area contributed by atoms with Crippen LogP contribution in [0.15, 0.2) is 30.5 Å². The molecule has 0 radical (unpaired) electrons. The lowest BCUT2D eigenvalue weighted by Gasteiger charge is -2.34. The molecule has 1 aromatic carbocycles. The quantitative estimate of drug-likeness (QED) is 0.603. The Bertz CT molecular complexity index is 1360. The number of hydrogen-bond donors (Lipinski definition) is 1. The molecule has 1 aromatic heterocycles. The molecule has 3 aliphatic heterocycles. The fourth-order valence-electron chi connectivity index (χ4n) is 5.97. The molecule has 5 rings (SSSR count). The maximum atomic E-state index is 13.6. The molecule has 3 aliphatic rings. The molecule has 2 atom stereocenters. The van der Waals surface area contributed by atoms with Crippen LogP contribution in [0.25, 0.3) is 10.9 Å². The SMILES string of the molecule is CCS(=O)(=O)n1c2c(c3cc(C(=O)N4CCC[C@H](C(=O)NC(C)C)C4)ccc31)CN(C1C=COCC1)CC2. The summed E-state index contributed by atoms with van der Waals surface area (Å²) in [5.41, 5.74) is 2.96. The molecular formula is C28H38N4O5S. The minimum Gasteiger partial charge on any atom is -0.501 e. The number of piperidine rings is 1. The van der Waals surface area contributed by atoms with Crippen LogP contribution in [-0.2, 0) is 32.5 Å². The smallest absolute Gasteiger partial charge is 0.253 e. The Morgan fingerprint density at radius 3 is 2.71 bits per heavy atom. The zero-order chi connectivity index (χ0) is 27.0. The lowest BCUT2D eigenvalue weighted by molar-refractivity contribution is -0.126. The summed E-state index contributed by atoms with van der Waals surface area (Å²) in [7, 11) is -3.52. The predicted molar refractivity (Wildman–Crippen MR) is 146 cm³/mol. The van der Waals surface area contributed by atoms with Gasteiger partial charge in [-0.05, 0) is 63.5 Å². The van der Waals surface area contributed by atoms with Gasteiger partial charge in [-0.2, -0.15) is 0 Å². The second-order valence-electron chi connectivity index (χ2n) is 10.9. The number of ether oxygens (including phenoxy) is 1. The van der Waals surface area contributed by atoms with Crippen LogP contribution in [0.2, 0.25) is 0 Å². The van der Waals surface area contributed by atoms with E-state index in [1.165, 1.54) is 3.97 Å². The number of hydrogen-bond acceptors (Lipinski definition) is 6. The van der Waals surface area contributed by atoms with Crippen LogP contribution in [-0.4, -0.2) is 78.1 Å². The largest absolute Gasteiger partial charge is 0.501 e. The molecule has 1 N–H and O–H groups in total. The van der Waals surface area contributed by atoms with Crippen molar-refractivity contribution in [3.63, 3.8) is 0 Å². The number of nitrogens with one attached hydrogen (secondary N) is 1. The topological polar surface area (TPSA) is 101 Å². The summed E-state index contributed by atoms with van der Waals surface area (Å²) < 4.78 is 33.3. The first kappa shape index (κ1) is 26.7. The Labute approximate surface area is 224 Å². The maximum absolute atomic E-state index is 13.6. The Morgan fingerprint density at radius 2 is 2.00 bits per heavy atom. The van der Waals surface area contributed by atoms with E-state index in [4.69, 9.17) is 4.74 Å². The van der Waals surface area contributed by atoms with Gasteiger partial charge in [0, 0.05) is 67.7 Å². The molecule has 38 heavy (non-hydrogen) atoms. The third-order valence-corrected chi connectivity index (χ3v) is 9.63. The molecule has 0 spiro atoms. The van der Waals surface area contributed by atoms with E-state index in [0.29, 0.717) is 43.7 Å². The standard InChI is InChI=1S/C28H38N4O5S/c1-4-38(35,36)32-25-8-7-20(28(34)31-12-5-6-21(17-31)27(33)29-19(2)3)16-23(25)24-18-30(13-9-26(24)32)22-10-14-37-15-11-22/h7-8,10,14,16,19,21-22H,4-6,9,11-13,15,17-18H2,1-3H3,(H,29,33)/t21-,22?/m0/s1. The first-order chi connectivity index (χ1) is 18.2. The second kappa shape index (κ2) is 10.7. The van der Waals surface area contributed by atoms with Crippen molar-refractivity contribution < 1.29 is 22.7 Å². The molecule has 9 nitrogen and oxygen atoms in total. The van der Waals surface area contributed by atoms with Gasteiger partial charge in [-0.1, -0.05) is 0 Å². The van der Waals surface area contributed by atoms with E-state index in [2.05, 4.69) is 16.3 Å². The Morgan fingerprint density at radius 1 is 1.18 bits per heavy atom. The van der Waals surface area contributed by atoms with Crippen molar-refractivity contribution in [3.05, 3.63) is 47.4 Å². The highest BCUT2D eigenvalue weighted by molar-refractivity contribution is 7.90. The maximum Gasteiger partial charge on any atom is 0.253 e. The monoisotopic (exact) mass is 542 g/mol. The highest BCUT2D eigenvalue weighted by Crippen LogP contribution is 2.35. The Hall–Kier alpha value is -2.85. The molecular weight excluding hydrogens is 504 g/mol. The summed E-state index contributed by atoms with van der Waals surface area (Å²) >= 11 is 0. The van der Waals surface area contributed by atoms with Gasteiger partial charge in [0.05, 0.1) is 30.1 Å². The summed E-state index contributed by atoms with van der Waals surface area (Å²) in [5.74, 6) is -0.340. The molecule has 1 fully saturated rings. The first-order valence-electron chi connectivity index (χ1n) is 13.7. The van der Waals surface area contributed by atoms with Crippen molar-refractivity contribution in [3.8, 4) is 0 Å². The number of nitrogens with zero attached hydrogens (tertiary/aromatic N) is 3. The van der Waals surface area contributed by atoms with E-state index in [1.807, 2.05) is 19.9 Å². The molecule has 0 bridgehead atoms. The van der Waals surface area contributed by atoms with Crippen molar-refractivity contribution >= 4 is 32.7 Å². The van der Waals surface area contributed by atoms with Crippen molar-refractivity contribution in [1.82, 2.24) is 19.1 Å². The summed E-state index contributed by atoms with van der Waals surface area (Å²) in [4.78, 5) is 30.3. The van der Waals surface area contributed by atoms with E-state index in [0.717, 1.165) is 42.5 Å². The van der Waals surface area contributed by atoms with Gasteiger partial charge in [0.1, 0.15) is 0 Å². The van der Waals surface area contributed by atoms with E-state index in [9.17, 15) is 18.0 Å². The van der Waals surface area contributed by atoms with Gasteiger partial charge in [-0.3, -0.25) is 14.5 Å². The molecule has 2 amide bonds. The van der Waals surface area contributed by atoms with Crippen molar-refractivity contribution in [1.29, 1.82) is 0 Å². The van der Waals surface area contributed by atoms with Gasteiger partial charge in [-0.15, -0.1) is 0 Å². The van der Waals surface area contributed by atoms with Gasteiger partial charge in [-0.25, -0.2) is 12.4 Å². The first-order valence-corrected chi connectivity index (χ1v) is 15.3. The molecule has 4 heterocycles. The minimum absolute atomic E-state index is 0.00389. The summed E-state index contributed by atoms with van der Waals surface area (Å²) in [5, 5.41) is 3.78. The van der Waals surface area contributed by atoms with Gasteiger partial charge in [0.2, 0.25) is 15.9 Å². The Kier molecular flexibility index (Phi) is 7.55. The zero-order valence-corrected chi connectivity index (χ0v) is 23.3. The van der Waals surface area contributed by atoms with Crippen molar-refractivity contribution in [2.24, 2.45) is 5.92 Å². The van der Waals surface area contributed by atoms with Crippen LogP contribution < -0.4 is 5.32 Å². The van der Waals surface area contributed by atoms with E-state index in [-0.39, 0.29) is 35.6 Å². The number of benzene rings is 1. The predicted octanol–water partition coefficient (Wildman–Crippen LogP) is 2.88. The van der Waals surface area contributed by atoms with Gasteiger partial charge >= 0.3 is 0 Å². The third-order valence-electron chi connectivity index (χ3n) is 7.93. The number of fused-ring (bicyclic) bond motifs is 3. The normalized spacial score (nSPS) is 22.4. The molecule has 0 aliphatic carbocycles. The molecule has 10 heteroatoms. The van der Waals surface area contributed by atoms with E-state index >= 15 is 0 Å². The summed E-state index contributed by atoms with van der Waals surface area (Å²) in [6.45, 7) is 8.57. The van der Waals surface area contributed by atoms with Crippen LogP contribution in [0, 0.1) is 5.92 Å². The van der Waals surface area contributed by atoms with E-state index < -0.39 is 10.0 Å². The van der Waals surface area contributed by atoms with Gasteiger partial charge in [0.15, 0.2) is 0 Å². The number of aromatic nitrogens is 1. The number of carbonyl (C=O) groups is 2. The average Bonchev–Trinajstić information content (AvgIpc) is 3.26. The van der Waals surface area contributed by atoms with Crippen molar-refractivity contribution in [2.75, 3.05) is 32.0 Å². The van der Waals surface area contributed by atoms with Crippen LogP contribution in [0.4, 0.5) is 0 Å². The van der Waals surface area contributed by atoms with E-state index in [1.54, 1.807) is 30.2 Å². The summed E-state index contributed by atoms with van der Waals surface area (Å²) in [6.07, 6.45) is 6.87. The fraction of sp³-hybridized carbons (Fsp3) is 0.571.